The molecule has 0 aromatic carbocycles. The molecule has 4 fully saturated rings. The lowest BCUT2D eigenvalue weighted by Crippen LogP contribution is -2.51. The molecule has 1 aromatic rings. The van der Waals surface area contributed by atoms with Crippen molar-refractivity contribution < 1.29 is 9.72 Å². The van der Waals surface area contributed by atoms with Crippen molar-refractivity contribution in [1.29, 1.82) is 0 Å². The Morgan fingerprint density at radius 2 is 1.91 bits per heavy atom. The summed E-state index contributed by atoms with van der Waals surface area (Å²) in [5, 5.41) is 17.9. The van der Waals surface area contributed by atoms with Gasteiger partial charge in [-0.05, 0) is 61.7 Å². The number of rotatable bonds is 4. The molecule has 1 aromatic heterocycles. The predicted molar refractivity (Wildman–Crippen MR) is 82.8 cm³/mol. The first kappa shape index (κ1) is 14.7. The third kappa shape index (κ3) is 2.42. The van der Waals surface area contributed by atoms with Gasteiger partial charge in [0.05, 0.1) is 4.92 Å². The number of hydrogen-bond donors (Lipinski definition) is 1. The number of aryl methyl sites for hydroxylation is 1. The highest BCUT2D eigenvalue weighted by atomic mass is 16.6. The summed E-state index contributed by atoms with van der Waals surface area (Å²) in [5.41, 5.74) is 0.0351. The number of nitro groups is 1. The van der Waals surface area contributed by atoms with Crippen LogP contribution in [0.4, 0.5) is 5.69 Å². The van der Waals surface area contributed by atoms with Crippen LogP contribution in [-0.2, 0) is 7.05 Å². The van der Waals surface area contributed by atoms with E-state index in [0.717, 1.165) is 24.0 Å². The molecule has 4 aliphatic carbocycles. The average Bonchev–Trinajstić information content (AvgIpc) is 2.85. The number of nitrogens with zero attached hydrogens (tertiary/aromatic N) is 3. The molecule has 0 unspecified atom stereocenters. The van der Waals surface area contributed by atoms with Crippen LogP contribution in [0.3, 0.4) is 0 Å². The maximum Gasteiger partial charge on any atom is 0.320 e. The minimum Gasteiger partial charge on any atom is -0.350 e. The van der Waals surface area contributed by atoms with Crippen molar-refractivity contribution >= 4 is 11.6 Å². The Bertz CT molecular complexity index is 631. The molecule has 0 atom stereocenters. The minimum absolute atomic E-state index is 0.0414. The molecule has 0 radical (unpaired) electrons. The molecule has 0 spiro atoms. The molecule has 0 saturated heterocycles. The lowest BCUT2D eigenvalue weighted by atomic mass is 9.49. The normalized spacial score (nSPS) is 34.6. The van der Waals surface area contributed by atoms with E-state index in [1.807, 2.05) is 0 Å². The number of aromatic nitrogens is 2. The maximum absolute atomic E-state index is 12.5. The molecular formula is C16H22N4O3. The van der Waals surface area contributed by atoms with E-state index >= 15 is 0 Å². The van der Waals surface area contributed by atoms with Crippen molar-refractivity contribution in [3.63, 3.8) is 0 Å². The van der Waals surface area contributed by atoms with Gasteiger partial charge in [0.2, 0.25) is 5.69 Å². The molecule has 23 heavy (non-hydrogen) atoms. The number of nitrogens with one attached hydrogen (secondary N) is 1. The molecule has 4 bridgehead atoms. The Morgan fingerprint density at radius 3 is 2.43 bits per heavy atom. The summed E-state index contributed by atoms with van der Waals surface area (Å²) in [7, 11) is 1.56. The van der Waals surface area contributed by atoms with Gasteiger partial charge >= 0.3 is 5.69 Å². The quantitative estimate of drug-likeness (QED) is 0.681. The third-order valence-corrected chi connectivity index (χ3v) is 6.12. The zero-order valence-corrected chi connectivity index (χ0v) is 13.3. The van der Waals surface area contributed by atoms with Crippen LogP contribution in [0.25, 0.3) is 0 Å². The predicted octanol–water partition coefficient (Wildman–Crippen LogP) is 2.27. The molecule has 1 N–H and O–H groups in total. The average molecular weight is 318 g/mol. The second-order valence-electron chi connectivity index (χ2n) is 7.86. The maximum atomic E-state index is 12.5. The zero-order chi connectivity index (χ0) is 16.2. The second-order valence-corrected chi connectivity index (χ2v) is 7.86. The highest BCUT2D eigenvalue weighted by Crippen LogP contribution is 2.59. The lowest BCUT2D eigenvalue weighted by molar-refractivity contribution is -0.385. The molecule has 0 aliphatic heterocycles. The SMILES string of the molecule is Cn1ncc([N+](=O)[O-])c1C(=O)NCC12CC3CC(CC(C3)C1)C2. The Morgan fingerprint density at radius 1 is 1.35 bits per heavy atom. The summed E-state index contributed by atoms with van der Waals surface area (Å²) in [5.74, 6) is 2.09. The van der Waals surface area contributed by atoms with Crippen molar-refractivity contribution in [3.8, 4) is 0 Å². The van der Waals surface area contributed by atoms with E-state index in [1.165, 1.54) is 43.2 Å². The monoisotopic (exact) mass is 318 g/mol. The standard InChI is InChI=1S/C16H22N4O3/c1-19-14(13(8-18-19)20(22)23)15(21)17-9-16-5-10-2-11(6-16)4-12(3-10)7-16/h8,10-12H,2-7,9H2,1H3,(H,17,21). The molecular weight excluding hydrogens is 296 g/mol. The van der Waals surface area contributed by atoms with Crippen molar-refractivity contribution in [2.45, 2.75) is 38.5 Å². The van der Waals surface area contributed by atoms with Crippen molar-refractivity contribution in [2.24, 2.45) is 30.2 Å². The summed E-state index contributed by atoms with van der Waals surface area (Å²) >= 11 is 0. The third-order valence-electron chi connectivity index (χ3n) is 6.12. The molecule has 7 heteroatoms. The molecule has 1 amide bonds. The molecule has 4 aliphatic rings. The zero-order valence-electron chi connectivity index (χ0n) is 13.3. The second kappa shape index (κ2) is 5.04. The molecule has 4 saturated carbocycles. The fraction of sp³-hybridized carbons (Fsp3) is 0.750. The van der Waals surface area contributed by atoms with E-state index in [4.69, 9.17) is 0 Å². The van der Waals surface area contributed by atoms with Crippen LogP contribution in [0.15, 0.2) is 6.20 Å². The highest BCUT2D eigenvalue weighted by Gasteiger charge is 2.50. The largest absolute Gasteiger partial charge is 0.350 e. The first-order chi connectivity index (χ1) is 11.0. The van der Waals surface area contributed by atoms with Crippen molar-refractivity contribution in [1.82, 2.24) is 15.1 Å². The van der Waals surface area contributed by atoms with Gasteiger partial charge in [-0.1, -0.05) is 0 Å². The summed E-state index contributed by atoms with van der Waals surface area (Å²) in [6.45, 7) is 0.637. The van der Waals surface area contributed by atoms with E-state index in [0.29, 0.717) is 6.54 Å². The van der Waals surface area contributed by atoms with Crippen LogP contribution in [-0.4, -0.2) is 27.2 Å². The van der Waals surface area contributed by atoms with Gasteiger partial charge in [-0.15, -0.1) is 0 Å². The van der Waals surface area contributed by atoms with Crippen LogP contribution in [0.1, 0.15) is 49.0 Å². The van der Waals surface area contributed by atoms with Crippen LogP contribution in [0, 0.1) is 33.3 Å². The molecule has 124 valence electrons. The van der Waals surface area contributed by atoms with Crippen LogP contribution in [0.5, 0.6) is 0 Å². The Kier molecular flexibility index (Phi) is 3.21. The van der Waals surface area contributed by atoms with Gasteiger partial charge in [-0.2, -0.15) is 5.10 Å². The number of carbonyl (C=O) groups excluding carboxylic acids is 1. The lowest BCUT2D eigenvalue weighted by Gasteiger charge is -2.56. The van der Waals surface area contributed by atoms with Crippen molar-refractivity contribution in [3.05, 3.63) is 22.0 Å². The number of amides is 1. The Balaban J connectivity index is 1.48. The number of carbonyl (C=O) groups is 1. The van der Waals surface area contributed by atoms with Gasteiger partial charge in [0.25, 0.3) is 5.91 Å². The van der Waals surface area contributed by atoms with E-state index in [1.54, 1.807) is 7.05 Å². The van der Waals surface area contributed by atoms with E-state index in [-0.39, 0.29) is 22.7 Å². The van der Waals surface area contributed by atoms with Gasteiger partial charge in [0.15, 0.2) is 0 Å². The van der Waals surface area contributed by atoms with E-state index < -0.39 is 4.92 Å². The van der Waals surface area contributed by atoms with Gasteiger partial charge in [0, 0.05) is 13.6 Å². The Labute approximate surface area is 134 Å². The summed E-state index contributed by atoms with van der Waals surface area (Å²) < 4.78 is 1.28. The van der Waals surface area contributed by atoms with Gasteiger partial charge < -0.3 is 5.32 Å². The van der Waals surface area contributed by atoms with Gasteiger partial charge in [-0.25, -0.2) is 0 Å². The fourth-order valence-corrected chi connectivity index (χ4v) is 5.68. The van der Waals surface area contributed by atoms with E-state index in [9.17, 15) is 14.9 Å². The number of hydrogen-bond acceptors (Lipinski definition) is 4. The molecule has 7 nitrogen and oxygen atoms in total. The van der Waals surface area contributed by atoms with Crippen LogP contribution < -0.4 is 5.32 Å². The summed E-state index contributed by atoms with van der Waals surface area (Å²) in [6, 6.07) is 0. The van der Waals surface area contributed by atoms with Crippen molar-refractivity contribution in [2.75, 3.05) is 6.54 Å². The summed E-state index contributed by atoms with van der Waals surface area (Å²) in [4.78, 5) is 23.0. The topological polar surface area (TPSA) is 90.1 Å². The van der Waals surface area contributed by atoms with Gasteiger partial charge in [-0.3, -0.25) is 19.6 Å². The van der Waals surface area contributed by atoms with Gasteiger partial charge in [0.1, 0.15) is 6.20 Å². The van der Waals surface area contributed by atoms with Crippen LogP contribution in [0.2, 0.25) is 0 Å². The summed E-state index contributed by atoms with van der Waals surface area (Å²) in [6.07, 6.45) is 8.83. The smallest absolute Gasteiger partial charge is 0.320 e. The highest BCUT2D eigenvalue weighted by molar-refractivity contribution is 5.96. The first-order valence-corrected chi connectivity index (χ1v) is 8.40. The Hall–Kier alpha value is -1.92. The molecule has 1 heterocycles. The van der Waals surface area contributed by atoms with E-state index in [2.05, 4.69) is 10.4 Å². The fourth-order valence-electron chi connectivity index (χ4n) is 5.68. The minimum atomic E-state index is -0.549. The first-order valence-electron chi connectivity index (χ1n) is 8.40. The van der Waals surface area contributed by atoms with Crippen LogP contribution >= 0.6 is 0 Å². The molecule has 5 rings (SSSR count).